The lowest BCUT2D eigenvalue weighted by Gasteiger charge is -2.15. The molecule has 7 heteroatoms. The van der Waals surface area contributed by atoms with E-state index >= 15 is 0 Å². The Morgan fingerprint density at radius 1 is 1.16 bits per heavy atom. The predicted octanol–water partition coefficient (Wildman–Crippen LogP) is 4.39. The average molecular weight is 351 g/mol. The molecule has 0 bridgehead atoms. The highest BCUT2D eigenvalue weighted by Crippen LogP contribution is 2.37. The molecule has 2 aromatic rings. The summed E-state index contributed by atoms with van der Waals surface area (Å²) in [6.45, 7) is 0. The molecule has 1 amide bonds. The first-order chi connectivity index (χ1) is 11.8. The van der Waals surface area contributed by atoms with Gasteiger partial charge in [0.1, 0.15) is 0 Å². The molecule has 1 aromatic carbocycles. The molecular formula is C18H20F3N3O. The van der Waals surface area contributed by atoms with E-state index in [-0.39, 0.29) is 11.9 Å². The Bertz CT molecular complexity index is 757. The summed E-state index contributed by atoms with van der Waals surface area (Å²) < 4.78 is 40.9. The fourth-order valence-electron chi connectivity index (χ4n) is 3.22. The number of benzene rings is 1. The molecule has 0 saturated heterocycles. The van der Waals surface area contributed by atoms with Gasteiger partial charge in [-0.15, -0.1) is 0 Å². The second kappa shape index (κ2) is 6.54. The molecule has 134 valence electrons. The maximum absolute atomic E-state index is 13.1. The van der Waals surface area contributed by atoms with Crippen molar-refractivity contribution < 1.29 is 18.0 Å². The second-order valence-electron chi connectivity index (χ2n) is 6.57. The zero-order valence-corrected chi connectivity index (χ0v) is 14.2. The Labute approximate surface area is 144 Å². The highest BCUT2D eigenvalue weighted by molar-refractivity contribution is 5.94. The highest BCUT2D eigenvalue weighted by Gasteiger charge is 2.36. The van der Waals surface area contributed by atoms with Crippen molar-refractivity contribution in [1.82, 2.24) is 14.7 Å². The van der Waals surface area contributed by atoms with Gasteiger partial charge in [0.2, 0.25) is 0 Å². The molecular weight excluding hydrogens is 331 g/mol. The minimum absolute atomic E-state index is 0.00539. The minimum Gasteiger partial charge on any atom is -0.345 e. The zero-order chi connectivity index (χ0) is 18.2. The van der Waals surface area contributed by atoms with Crippen LogP contribution in [0.25, 0.3) is 11.3 Å². The Morgan fingerprint density at radius 3 is 2.28 bits per heavy atom. The fraction of sp³-hybridized carbons (Fsp3) is 0.444. The van der Waals surface area contributed by atoms with Crippen molar-refractivity contribution in [3.8, 4) is 11.3 Å². The molecule has 0 N–H and O–H groups in total. The van der Waals surface area contributed by atoms with Crippen LogP contribution in [-0.4, -0.2) is 34.7 Å². The van der Waals surface area contributed by atoms with E-state index in [0.29, 0.717) is 16.8 Å². The lowest BCUT2D eigenvalue weighted by atomic mass is 10.1. The molecule has 4 nitrogen and oxygen atoms in total. The van der Waals surface area contributed by atoms with E-state index in [9.17, 15) is 18.0 Å². The summed E-state index contributed by atoms with van der Waals surface area (Å²) in [5, 5.41) is 3.84. The number of rotatable bonds is 3. The summed E-state index contributed by atoms with van der Waals surface area (Å²) in [4.78, 5) is 13.4. The Hall–Kier alpha value is -2.31. The maximum Gasteiger partial charge on any atom is 0.435 e. The van der Waals surface area contributed by atoms with Crippen LogP contribution in [0.15, 0.2) is 30.3 Å². The van der Waals surface area contributed by atoms with Crippen LogP contribution in [0.5, 0.6) is 0 Å². The summed E-state index contributed by atoms with van der Waals surface area (Å²) in [7, 11) is 3.31. The highest BCUT2D eigenvalue weighted by atomic mass is 19.4. The number of aromatic nitrogens is 2. The van der Waals surface area contributed by atoms with Crippen LogP contribution >= 0.6 is 0 Å². The SMILES string of the molecule is CN(C)C(=O)c1ccc(-c2cc(C(F)(F)F)nn2C2CCCC2)cc1. The summed E-state index contributed by atoms with van der Waals surface area (Å²) >= 11 is 0. The summed E-state index contributed by atoms with van der Waals surface area (Å²) in [5.41, 5.74) is 0.702. The van der Waals surface area contributed by atoms with Crippen molar-refractivity contribution in [2.45, 2.75) is 37.9 Å². The van der Waals surface area contributed by atoms with Crippen molar-refractivity contribution in [1.29, 1.82) is 0 Å². The van der Waals surface area contributed by atoms with Crippen LogP contribution in [0, 0.1) is 0 Å². The number of carbonyl (C=O) groups excluding carboxylic acids is 1. The molecule has 0 atom stereocenters. The molecule has 1 saturated carbocycles. The van der Waals surface area contributed by atoms with Gasteiger partial charge in [0.25, 0.3) is 5.91 Å². The third-order valence-electron chi connectivity index (χ3n) is 4.53. The number of amides is 1. The molecule has 1 heterocycles. The molecule has 0 unspecified atom stereocenters. The lowest BCUT2D eigenvalue weighted by molar-refractivity contribution is -0.141. The van der Waals surface area contributed by atoms with Gasteiger partial charge in [-0.25, -0.2) is 0 Å². The second-order valence-corrected chi connectivity index (χ2v) is 6.57. The predicted molar refractivity (Wildman–Crippen MR) is 88.2 cm³/mol. The van der Waals surface area contributed by atoms with Gasteiger partial charge >= 0.3 is 6.18 Å². The van der Waals surface area contributed by atoms with Crippen molar-refractivity contribution in [3.63, 3.8) is 0 Å². The third kappa shape index (κ3) is 3.55. The number of nitrogens with zero attached hydrogens (tertiary/aromatic N) is 3. The van der Waals surface area contributed by atoms with E-state index in [1.807, 2.05) is 0 Å². The van der Waals surface area contributed by atoms with E-state index in [4.69, 9.17) is 0 Å². The molecule has 3 rings (SSSR count). The quantitative estimate of drug-likeness (QED) is 0.823. The normalized spacial score (nSPS) is 15.6. The first kappa shape index (κ1) is 17.5. The van der Waals surface area contributed by atoms with Crippen molar-refractivity contribution in [2.24, 2.45) is 0 Å². The topological polar surface area (TPSA) is 38.1 Å². The van der Waals surface area contributed by atoms with E-state index in [0.717, 1.165) is 31.7 Å². The fourth-order valence-corrected chi connectivity index (χ4v) is 3.22. The molecule has 0 aliphatic heterocycles. The van der Waals surface area contributed by atoms with Crippen LogP contribution in [-0.2, 0) is 6.18 Å². The summed E-state index contributed by atoms with van der Waals surface area (Å²) in [5.74, 6) is -0.146. The van der Waals surface area contributed by atoms with Crippen LogP contribution in [0.2, 0.25) is 0 Å². The van der Waals surface area contributed by atoms with Crippen LogP contribution in [0.4, 0.5) is 13.2 Å². The van der Waals surface area contributed by atoms with Gasteiger partial charge in [-0.1, -0.05) is 25.0 Å². The van der Waals surface area contributed by atoms with E-state index in [2.05, 4.69) is 5.10 Å². The Balaban J connectivity index is 2.00. The molecule has 1 aromatic heterocycles. The molecule has 0 spiro atoms. The Kier molecular flexibility index (Phi) is 4.58. The molecule has 1 aliphatic carbocycles. The van der Waals surface area contributed by atoms with Gasteiger partial charge in [-0.2, -0.15) is 18.3 Å². The van der Waals surface area contributed by atoms with E-state index in [1.54, 1.807) is 38.4 Å². The molecule has 0 radical (unpaired) electrons. The molecule has 25 heavy (non-hydrogen) atoms. The van der Waals surface area contributed by atoms with Gasteiger partial charge in [-0.3, -0.25) is 9.48 Å². The minimum atomic E-state index is -4.47. The third-order valence-corrected chi connectivity index (χ3v) is 4.53. The van der Waals surface area contributed by atoms with Crippen LogP contribution < -0.4 is 0 Å². The lowest BCUT2D eigenvalue weighted by Crippen LogP contribution is -2.21. The first-order valence-electron chi connectivity index (χ1n) is 8.26. The van der Waals surface area contributed by atoms with E-state index < -0.39 is 11.9 Å². The summed E-state index contributed by atoms with van der Waals surface area (Å²) in [6.07, 6.45) is -0.797. The monoisotopic (exact) mass is 351 g/mol. The van der Waals surface area contributed by atoms with Gasteiger partial charge in [0, 0.05) is 19.7 Å². The zero-order valence-electron chi connectivity index (χ0n) is 14.2. The van der Waals surface area contributed by atoms with Gasteiger partial charge in [-0.05, 0) is 36.6 Å². The standard InChI is InChI=1S/C18H20F3N3O/c1-23(2)17(25)13-9-7-12(8-10-13)15-11-16(18(19,20)21)22-24(15)14-5-3-4-6-14/h7-11,14H,3-6H2,1-2H3. The summed E-state index contributed by atoms with van der Waals surface area (Å²) in [6, 6.07) is 7.72. The van der Waals surface area contributed by atoms with Crippen molar-refractivity contribution in [2.75, 3.05) is 14.1 Å². The van der Waals surface area contributed by atoms with Crippen molar-refractivity contribution in [3.05, 3.63) is 41.6 Å². The van der Waals surface area contributed by atoms with Crippen molar-refractivity contribution >= 4 is 5.91 Å². The maximum atomic E-state index is 13.1. The van der Waals surface area contributed by atoms with Gasteiger partial charge in [0.05, 0.1) is 11.7 Å². The Morgan fingerprint density at radius 2 is 1.76 bits per heavy atom. The van der Waals surface area contributed by atoms with E-state index in [1.165, 1.54) is 9.58 Å². The largest absolute Gasteiger partial charge is 0.435 e. The number of hydrogen-bond acceptors (Lipinski definition) is 2. The van der Waals surface area contributed by atoms with Crippen LogP contribution in [0.3, 0.4) is 0 Å². The van der Waals surface area contributed by atoms with Crippen LogP contribution in [0.1, 0.15) is 47.8 Å². The smallest absolute Gasteiger partial charge is 0.345 e. The number of halogens is 3. The molecule has 1 aliphatic rings. The number of hydrogen-bond donors (Lipinski definition) is 0. The van der Waals surface area contributed by atoms with Gasteiger partial charge in [0.15, 0.2) is 5.69 Å². The molecule has 1 fully saturated rings. The number of alkyl halides is 3. The van der Waals surface area contributed by atoms with Gasteiger partial charge < -0.3 is 4.90 Å². The number of carbonyl (C=O) groups is 1. The first-order valence-corrected chi connectivity index (χ1v) is 8.26. The average Bonchev–Trinajstić information content (AvgIpc) is 3.22.